The van der Waals surface area contributed by atoms with Crippen LogP contribution >= 0.6 is 0 Å². The van der Waals surface area contributed by atoms with Gasteiger partial charge in [-0.15, -0.1) is 0 Å². The second-order valence-corrected chi connectivity index (χ2v) is 10.2. The summed E-state index contributed by atoms with van der Waals surface area (Å²) < 4.78 is 4.58. The maximum Gasteiger partial charge on any atom is 0.308 e. The van der Waals surface area contributed by atoms with E-state index >= 15 is 0 Å². The fourth-order valence-corrected chi connectivity index (χ4v) is 5.17. The van der Waals surface area contributed by atoms with Crippen LogP contribution < -0.4 is 0 Å². The molecule has 32 heavy (non-hydrogen) atoms. The number of methoxy groups -OCH3 is 1. The number of rotatable bonds is 20. The van der Waals surface area contributed by atoms with Crippen LogP contribution in [0.4, 0.5) is 0 Å². The average Bonchev–Trinajstić information content (AvgIpc) is 2.76. The number of ether oxygens (including phenoxy) is 1. The molecule has 1 unspecified atom stereocenters. The highest BCUT2D eigenvalue weighted by Crippen LogP contribution is 2.28. The number of aliphatic carboxylic acids is 1. The van der Waals surface area contributed by atoms with E-state index in [1.54, 1.807) is 0 Å². The SMILES string of the molecule is COC(=O)CC(O)(CCCCCCCCCCCCCCCC1CCCCC1)CC(=O)O. The van der Waals surface area contributed by atoms with Crippen LogP contribution in [0.3, 0.4) is 0 Å². The molecule has 0 aromatic carbocycles. The number of carboxylic acids is 1. The lowest BCUT2D eigenvalue weighted by molar-refractivity contribution is -0.151. The maximum absolute atomic E-state index is 11.4. The van der Waals surface area contributed by atoms with Gasteiger partial charge >= 0.3 is 11.9 Å². The number of esters is 1. The van der Waals surface area contributed by atoms with E-state index in [0.29, 0.717) is 6.42 Å². The van der Waals surface area contributed by atoms with Crippen molar-refractivity contribution in [2.45, 2.75) is 147 Å². The van der Waals surface area contributed by atoms with Crippen molar-refractivity contribution in [3.63, 3.8) is 0 Å². The molecule has 0 heterocycles. The minimum atomic E-state index is -1.49. The summed E-state index contributed by atoms with van der Waals surface area (Å²) in [4.78, 5) is 22.4. The van der Waals surface area contributed by atoms with Gasteiger partial charge in [0.15, 0.2) is 0 Å². The van der Waals surface area contributed by atoms with Crippen molar-refractivity contribution in [2.24, 2.45) is 5.92 Å². The van der Waals surface area contributed by atoms with Gasteiger partial charge in [-0.25, -0.2) is 0 Å². The highest BCUT2D eigenvalue weighted by atomic mass is 16.5. The minimum Gasteiger partial charge on any atom is -0.481 e. The summed E-state index contributed by atoms with van der Waals surface area (Å²) >= 11 is 0. The molecule has 1 atom stereocenters. The summed E-state index contributed by atoms with van der Waals surface area (Å²) in [5.74, 6) is -0.608. The summed E-state index contributed by atoms with van der Waals surface area (Å²) in [6.07, 6.45) is 24.8. The molecule has 1 saturated carbocycles. The van der Waals surface area contributed by atoms with Crippen molar-refractivity contribution >= 4 is 11.9 Å². The van der Waals surface area contributed by atoms with Crippen LogP contribution in [0.5, 0.6) is 0 Å². The number of hydrogen-bond donors (Lipinski definition) is 2. The fourth-order valence-electron chi connectivity index (χ4n) is 5.17. The second-order valence-electron chi connectivity index (χ2n) is 10.2. The van der Waals surface area contributed by atoms with Crippen molar-refractivity contribution in [3.8, 4) is 0 Å². The summed E-state index contributed by atoms with van der Waals surface area (Å²) in [5.41, 5.74) is -1.49. The molecule has 0 aliphatic heterocycles. The lowest BCUT2D eigenvalue weighted by Gasteiger charge is -2.25. The Morgan fingerprint density at radius 2 is 1.22 bits per heavy atom. The van der Waals surface area contributed by atoms with E-state index in [2.05, 4.69) is 4.74 Å². The van der Waals surface area contributed by atoms with Gasteiger partial charge in [-0.3, -0.25) is 9.59 Å². The van der Waals surface area contributed by atoms with Gasteiger partial charge < -0.3 is 14.9 Å². The smallest absolute Gasteiger partial charge is 0.308 e. The quantitative estimate of drug-likeness (QED) is 0.150. The van der Waals surface area contributed by atoms with Crippen molar-refractivity contribution in [1.29, 1.82) is 0 Å². The molecule has 0 aromatic heterocycles. The number of hydrogen-bond acceptors (Lipinski definition) is 4. The first-order chi connectivity index (χ1) is 15.4. The van der Waals surface area contributed by atoms with Gasteiger partial charge in [0, 0.05) is 0 Å². The first kappa shape index (κ1) is 28.9. The average molecular weight is 455 g/mol. The first-order valence-corrected chi connectivity index (χ1v) is 13.5. The topological polar surface area (TPSA) is 83.8 Å². The van der Waals surface area contributed by atoms with Gasteiger partial charge in [0.05, 0.1) is 25.6 Å². The number of aliphatic hydroxyl groups is 1. The molecule has 2 N–H and O–H groups in total. The van der Waals surface area contributed by atoms with Crippen LogP contribution in [0.25, 0.3) is 0 Å². The van der Waals surface area contributed by atoms with Crippen molar-refractivity contribution in [1.82, 2.24) is 0 Å². The molecular weight excluding hydrogens is 404 g/mol. The minimum absolute atomic E-state index is 0.254. The third-order valence-electron chi connectivity index (χ3n) is 7.16. The zero-order valence-corrected chi connectivity index (χ0v) is 20.8. The summed E-state index contributed by atoms with van der Waals surface area (Å²) in [7, 11) is 1.25. The Morgan fingerprint density at radius 1 is 0.750 bits per heavy atom. The van der Waals surface area contributed by atoms with Gasteiger partial charge in [0.25, 0.3) is 0 Å². The molecule has 5 heteroatoms. The van der Waals surface area contributed by atoms with Crippen LogP contribution in [0.15, 0.2) is 0 Å². The number of carbonyl (C=O) groups excluding carboxylic acids is 1. The van der Waals surface area contributed by atoms with Crippen molar-refractivity contribution in [2.75, 3.05) is 7.11 Å². The predicted octanol–water partition coefficient (Wildman–Crippen LogP) is 7.19. The number of carboxylic acid groups (broad SMARTS) is 1. The number of carbonyl (C=O) groups is 2. The zero-order chi connectivity index (χ0) is 23.5. The van der Waals surface area contributed by atoms with Gasteiger partial charge in [-0.1, -0.05) is 122 Å². The molecule has 0 radical (unpaired) electrons. The molecule has 188 valence electrons. The summed E-state index contributed by atoms with van der Waals surface area (Å²) in [6.45, 7) is 0. The van der Waals surface area contributed by atoms with Gasteiger partial charge in [-0.05, 0) is 12.3 Å². The molecule has 0 saturated heterocycles. The van der Waals surface area contributed by atoms with Crippen LogP contribution in [0, 0.1) is 5.92 Å². The third kappa shape index (κ3) is 15.7. The summed E-state index contributed by atoms with van der Waals surface area (Å²) in [6, 6.07) is 0. The van der Waals surface area contributed by atoms with Crippen LogP contribution in [-0.2, 0) is 14.3 Å². The first-order valence-electron chi connectivity index (χ1n) is 13.5. The normalized spacial score (nSPS) is 16.6. The Bertz CT molecular complexity index is 486. The fraction of sp³-hybridized carbons (Fsp3) is 0.926. The molecule has 1 fully saturated rings. The van der Waals surface area contributed by atoms with Gasteiger partial charge in [0.2, 0.25) is 0 Å². The lowest BCUT2D eigenvalue weighted by atomic mass is 9.85. The number of unbranched alkanes of at least 4 members (excludes halogenated alkanes) is 12. The monoisotopic (exact) mass is 454 g/mol. The van der Waals surface area contributed by atoms with E-state index in [9.17, 15) is 14.7 Å². The Hall–Kier alpha value is -1.10. The molecule has 1 aliphatic rings. The van der Waals surface area contributed by atoms with E-state index in [4.69, 9.17) is 5.11 Å². The Balaban J connectivity index is 1.88. The highest BCUT2D eigenvalue weighted by molar-refractivity contribution is 5.73. The standard InChI is InChI=1S/C27H50O5/c1-32-26(30)23-27(31,22-25(28)29)21-17-12-10-8-6-4-2-3-5-7-9-11-14-18-24-19-15-13-16-20-24/h24,31H,2-23H2,1H3,(H,28,29). The molecule has 0 amide bonds. The van der Waals surface area contributed by atoms with E-state index in [-0.39, 0.29) is 6.42 Å². The zero-order valence-electron chi connectivity index (χ0n) is 20.8. The Labute approximate surface area is 196 Å². The van der Waals surface area contributed by atoms with Gasteiger partial charge in [-0.2, -0.15) is 0 Å². The van der Waals surface area contributed by atoms with E-state index < -0.39 is 24.0 Å². The van der Waals surface area contributed by atoms with Crippen LogP contribution in [-0.4, -0.2) is 34.9 Å². The molecule has 0 bridgehead atoms. The maximum atomic E-state index is 11.4. The van der Waals surface area contributed by atoms with Crippen LogP contribution in [0.1, 0.15) is 141 Å². The largest absolute Gasteiger partial charge is 0.481 e. The molecule has 1 rings (SSSR count). The highest BCUT2D eigenvalue weighted by Gasteiger charge is 2.32. The molecule has 0 spiro atoms. The third-order valence-corrected chi connectivity index (χ3v) is 7.16. The van der Waals surface area contributed by atoms with E-state index in [1.807, 2.05) is 0 Å². The lowest BCUT2D eigenvalue weighted by Crippen LogP contribution is -2.35. The molecule has 0 aromatic rings. The molecule has 5 nitrogen and oxygen atoms in total. The predicted molar refractivity (Wildman–Crippen MR) is 130 cm³/mol. The summed E-state index contributed by atoms with van der Waals surface area (Å²) in [5, 5.41) is 19.4. The second kappa shape index (κ2) is 18.3. The Kier molecular flexibility index (Phi) is 16.6. The van der Waals surface area contributed by atoms with E-state index in [0.717, 1.165) is 25.2 Å². The molecular formula is C27H50O5. The van der Waals surface area contributed by atoms with Crippen LogP contribution in [0.2, 0.25) is 0 Å². The molecule has 1 aliphatic carbocycles. The van der Waals surface area contributed by atoms with E-state index in [1.165, 1.54) is 110 Å². The van der Waals surface area contributed by atoms with Crippen molar-refractivity contribution < 1.29 is 24.5 Å². The Morgan fingerprint density at radius 3 is 1.69 bits per heavy atom. The van der Waals surface area contributed by atoms with Crippen molar-refractivity contribution in [3.05, 3.63) is 0 Å². The van der Waals surface area contributed by atoms with Gasteiger partial charge in [0.1, 0.15) is 0 Å².